The number of guanidine groups is 1. The smallest absolute Gasteiger partial charge is 0.194 e. The Hall–Kier alpha value is -0.0900. The van der Waals surface area contributed by atoms with Gasteiger partial charge in [0.1, 0.15) is 0 Å². The molecule has 0 radical (unpaired) electrons. The van der Waals surface area contributed by atoms with Crippen molar-refractivity contribution < 1.29 is 8.42 Å². The Bertz CT molecular complexity index is 533. The van der Waals surface area contributed by atoms with E-state index < -0.39 is 14.6 Å². The van der Waals surface area contributed by atoms with E-state index in [-0.39, 0.29) is 29.7 Å². The average molecular weight is 488 g/mol. The maximum Gasteiger partial charge on any atom is 0.194 e. The van der Waals surface area contributed by atoms with Crippen LogP contribution in [0.2, 0.25) is 0 Å². The molecule has 1 rings (SSSR count). The zero-order valence-electron chi connectivity index (χ0n) is 16.9. The van der Waals surface area contributed by atoms with Gasteiger partial charge in [-0.2, -0.15) is 0 Å². The highest BCUT2D eigenvalue weighted by Crippen LogP contribution is 2.23. The van der Waals surface area contributed by atoms with Gasteiger partial charge in [-0.05, 0) is 47.2 Å². The lowest BCUT2D eigenvalue weighted by Crippen LogP contribution is -2.57. The minimum Gasteiger partial charge on any atom is -0.357 e. The Balaban J connectivity index is 0.00000576. The Morgan fingerprint density at radius 3 is 2.36 bits per heavy atom. The third kappa shape index (κ3) is 7.21. The summed E-state index contributed by atoms with van der Waals surface area (Å²) in [5.41, 5.74) is 0. The van der Waals surface area contributed by atoms with Gasteiger partial charge in [-0.1, -0.05) is 13.8 Å². The Kier molecular flexibility index (Phi) is 10.3. The number of hydrogen-bond donors (Lipinski definition) is 1. The van der Waals surface area contributed by atoms with Gasteiger partial charge >= 0.3 is 0 Å². The van der Waals surface area contributed by atoms with Crippen LogP contribution in [-0.2, 0) is 9.84 Å². The van der Waals surface area contributed by atoms with Crippen LogP contribution in [0.4, 0.5) is 0 Å². The highest BCUT2D eigenvalue weighted by atomic mass is 127. The van der Waals surface area contributed by atoms with E-state index in [0.717, 1.165) is 25.5 Å². The van der Waals surface area contributed by atoms with Crippen molar-refractivity contribution in [2.24, 2.45) is 10.9 Å². The summed E-state index contributed by atoms with van der Waals surface area (Å²) >= 11 is 0. The summed E-state index contributed by atoms with van der Waals surface area (Å²) in [5.74, 6) is 1.64. The molecule has 0 aromatic heterocycles. The van der Waals surface area contributed by atoms with Crippen molar-refractivity contribution in [2.75, 3.05) is 46.0 Å². The molecule has 1 aliphatic rings. The fourth-order valence-electron chi connectivity index (χ4n) is 2.93. The molecule has 25 heavy (non-hydrogen) atoms. The summed E-state index contributed by atoms with van der Waals surface area (Å²) in [6.45, 7) is 12.6. The van der Waals surface area contributed by atoms with Crippen LogP contribution in [0.25, 0.3) is 0 Å². The number of halogens is 1. The largest absolute Gasteiger partial charge is 0.357 e. The van der Waals surface area contributed by atoms with Crippen molar-refractivity contribution in [3.05, 3.63) is 0 Å². The van der Waals surface area contributed by atoms with E-state index >= 15 is 0 Å². The predicted octanol–water partition coefficient (Wildman–Crippen LogP) is 2.06. The Morgan fingerprint density at radius 2 is 1.92 bits per heavy atom. The van der Waals surface area contributed by atoms with Crippen LogP contribution in [0.1, 0.15) is 41.0 Å². The minimum absolute atomic E-state index is 0. The standard InChI is InChI=1S/C17H36N4O2S.HI/c1-8-18-16(19-12-15(20(6)7)11-14(2)3)21-9-10-24(22,23)17(4,5)13-21;/h14-15H,8-13H2,1-7H3,(H,18,19);1H. The van der Waals surface area contributed by atoms with Crippen molar-refractivity contribution in [2.45, 2.75) is 51.8 Å². The number of nitrogens with zero attached hydrogens (tertiary/aromatic N) is 3. The molecule has 0 bridgehead atoms. The second kappa shape index (κ2) is 10.3. The van der Waals surface area contributed by atoms with Gasteiger partial charge in [0.25, 0.3) is 0 Å². The van der Waals surface area contributed by atoms with E-state index in [1.54, 1.807) is 13.8 Å². The second-order valence-corrected chi connectivity index (χ2v) is 10.7. The molecule has 0 saturated carbocycles. The molecular formula is C17H37IN4O2S. The van der Waals surface area contributed by atoms with E-state index in [1.165, 1.54) is 0 Å². The van der Waals surface area contributed by atoms with E-state index in [9.17, 15) is 8.42 Å². The molecule has 0 aromatic rings. The van der Waals surface area contributed by atoms with Gasteiger partial charge in [0.15, 0.2) is 15.8 Å². The minimum atomic E-state index is -3.04. The normalized spacial score (nSPS) is 21.2. The highest BCUT2D eigenvalue weighted by molar-refractivity contribution is 14.0. The molecular weight excluding hydrogens is 451 g/mol. The van der Waals surface area contributed by atoms with Gasteiger partial charge < -0.3 is 15.1 Å². The van der Waals surface area contributed by atoms with Crippen molar-refractivity contribution in [3.63, 3.8) is 0 Å². The summed E-state index contributed by atoms with van der Waals surface area (Å²) < 4.78 is 23.7. The molecule has 1 aliphatic heterocycles. The number of sulfone groups is 1. The zero-order chi connectivity index (χ0) is 18.5. The van der Waals surface area contributed by atoms with Crippen molar-refractivity contribution in [3.8, 4) is 0 Å². The van der Waals surface area contributed by atoms with Crippen molar-refractivity contribution >= 4 is 39.8 Å². The van der Waals surface area contributed by atoms with Gasteiger partial charge in [0, 0.05) is 25.7 Å². The second-order valence-electron chi connectivity index (χ2n) is 7.94. The molecule has 1 saturated heterocycles. The molecule has 6 nitrogen and oxygen atoms in total. The van der Waals surface area contributed by atoms with Crippen LogP contribution >= 0.6 is 24.0 Å². The van der Waals surface area contributed by atoms with Crippen LogP contribution in [0.3, 0.4) is 0 Å². The number of hydrogen-bond acceptors (Lipinski definition) is 4. The van der Waals surface area contributed by atoms with Crippen LogP contribution in [0, 0.1) is 5.92 Å². The molecule has 1 N–H and O–H groups in total. The summed E-state index contributed by atoms with van der Waals surface area (Å²) in [5, 5.41) is 3.33. The van der Waals surface area contributed by atoms with Crippen LogP contribution in [0.15, 0.2) is 4.99 Å². The molecule has 150 valence electrons. The first-order valence-corrected chi connectivity index (χ1v) is 10.6. The van der Waals surface area contributed by atoms with E-state index in [2.05, 4.69) is 43.1 Å². The highest BCUT2D eigenvalue weighted by Gasteiger charge is 2.41. The zero-order valence-corrected chi connectivity index (χ0v) is 20.0. The molecule has 1 atom stereocenters. The van der Waals surface area contributed by atoms with Gasteiger partial charge in [-0.3, -0.25) is 4.99 Å². The molecule has 0 aromatic carbocycles. The van der Waals surface area contributed by atoms with Crippen molar-refractivity contribution in [1.82, 2.24) is 15.1 Å². The first kappa shape index (κ1) is 24.9. The molecule has 1 unspecified atom stereocenters. The lowest BCUT2D eigenvalue weighted by molar-refractivity contribution is 0.259. The lowest BCUT2D eigenvalue weighted by atomic mass is 10.0. The summed E-state index contributed by atoms with van der Waals surface area (Å²) in [6.07, 6.45) is 1.09. The summed E-state index contributed by atoms with van der Waals surface area (Å²) in [6, 6.07) is 0.389. The van der Waals surface area contributed by atoms with Gasteiger partial charge in [0.2, 0.25) is 0 Å². The van der Waals surface area contributed by atoms with Crippen molar-refractivity contribution in [1.29, 1.82) is 0 Å². The molecule has 8 heteroatoms. The SMILES string of the molecule is CCNC(=NCC(CC(C)C)N(C)C)N1CCS(=O)(=O)C(C)(C)C1.I. The number of nitrogens with one attached hydrogen (secondary N) is 1. The quantitative estimate of drug-likeness (QED) is 0.352. The molecule has 0 amide bonds. The third-order valence-corrected chi connectivity index (χ3v) is 7.14. The van der Waals surface area contributed by atoms with E-state index in [0.29, 0.717) is 25.0 Å². The maximum atomic E-state index is 12.2. The molecule has 1 fully saturated rings. The molecule has 1 heterocycles. The van der Waals surface area contributed by atoms with Gasteiger partial charge in [-0.15, -0.1) is 24.0 Å². The number of aliphatic imine (C=N–C) groups is 1. The fourth-order valence-corrected chi connectivity index (χ4v) is 4.30. The summed E-state index contributed by atoms with van der Waals surface area (Å²) in [4.78, 5) is 9.13. The Labute approximate surface area is 171 Å². The average Bonchev–Trinajstić information content (AvgIpc) is 2.44. The van der Waals surface area contributed by atoms with Crippen LogP contribution in [-0.4, -0.2) is 81.0 Å². The monoisotopic (exact) mass is 488 g/mol. The van der Waals surface area contributed by atoms with Crippen LogP contribution in [0.5, 0.6) is 0 Å². The fraction of sp³-hybridized carbons (Fsp3) is 0.941. The van der Waals surface area contributed by atoms with E-state index in [4.69, 9.17) is 4.99 Å². The predicted molar refractivity (Wildman–Crippen MR) is 118 cm³/mol. The lowest BCUT2D eigenvalue weighted by Gasteiger charge is -2.39. The first-order valence-electron chi connectivity index (χ1n) is 8.92. The number of likely N-dealkylation sites (N-methyl/N-ethyl adjacent to an activating group) is 1. The number of rotatable bonds is 6. The topological polar surface area (TPSA) is 65.0 Å². The van der Waals surface area contributed by atoms with Gasteiger partial charge in [0.05, 0.1) is 17.0 Å². The van der Waals surface area contributed by atoms with E-state index in [1.807, 2.05) is 6.92 Å². The third-order valence-electron chi connectivity index (χ3n) is 4.60. The first-order chi connectivity index (χ1) is 11.0. The molecule has 0 spiro atoms. The molecule has 0 aliphatic carbocycles. The van der Waals surface area contributed by atoms with Gasteiger partial charge in [-0.25, -0.2) is 8.42 Å². The summed E-state index contributed by atoms with van der Waals surface area (Å²) in [7, 11) is 1.14. The Morgan fingerprint density at radius 1 is 1.32 bits per heavy atom. The van der Waals surface area contributed by atoms with Crippen LogP contribution < -0.4 is 5.32 Å². The maximum absolute atomic E-state index is 12.2.